The van der Waals surface area contributed by atoms with Crippen LogP contribution in [-0.4, -0.2) is 11.0 Å². The quantitative estimate of drug-likeness (QED) is 0.872. The van der Waals surface area contributed by atoms with Crippen molar-refractivity contribution < 1.29 is 14.3 Å². The van der Waals surface area contributed by atoms with Gasteiger partial charge in [0.05, 0.1) is 6.61 Å². The molecule has 0 aliphatic heterocycles. The lowest BCUT2D eigenvalue weighted by atomic mass is 10.1. The van der Waals surface area contributed by atoms with Gasteiger partial charge in [-0.2, -0.15) is 0 Å². The molecule has 1 aromatic rings. The first-order valence-corrected chi connectivity index (χ1v) is 6.86. The molecule has 4 heteroatoms. The average molecular weight is 263 g/mol. The fraction of sp³-hybridized carbons (Fsp3) is 0.533. The molecule has 102 valence electrons. The number of amides is 1. The van der Waals surface area contributed by atoms with Gasteiger partial charge >= 0.3 is 0 Å². The third kappa shape index (κ3) is 2.37. The van der Waals surface area contributed by atoms with E-state index in [2.05, 4.69) is 5.32 Å². The standard InChI is InChI=1S/C15H18FNO2/c16-13-5-4-9(6-10(13)8-18)7-17-15(19)14-11-2-1-3-12(11)14/h4-6,11-12,14,18H,1-3,7-8H2,(H,17,19). The van der Waals surface area contributed by atoms with Gasteiger partial charge in [-0.05, 0) is 42.4 Å². The summed E-state index contributed by atoms with van der Waals surface area (Å²) in [6.45, 7) is 0.0858. The van der Waals surface area contributed by atoms with Crippen LogP contribution in [-0.2, 0) is 17.9 Å². The molecule has 2 aliphatic rings. The van der Waals surface area contributed by atoms with Gasteiger partial charge in [0.15, 0.2) is 0 Å². The van der Waals surface area contributed by atoms with E-state index in [0.717, 1.165) is 5.56 Å². The van der Waals surface area contributed by atoms with E-state index in [-0.39, 0.29) is 24.0 Å². The van der Waals surface area contributed by atoms with E-state index in [0.29, 0.717) is 18.4 Å². The van der Waals surface area contributed by atoms with Gasteiger partial charge in [0, 0.05) is 18.0 Å². The molecule has 19 heavy (non-hydrogen) atoms. The number of benzene rings is 1. The lowest BCUT2D eigenvalue weighted by molar-refractivity contribution is -0.123. The number of carbonyl (C=O) groups excluding carboxylic acids is 1. The van der Waals surface area contributed by atoms with Gasteiger partial charge in [0.2, 0.25) is 5.91 Å². The van der Waals surface area contributed by atoms with Crippen molar-refractivity contribution in [3.05, 3.63) is 35.1 Å². The number of rotatable bonds is 4. The zero-order valence-electron chi connectivity index (χ0n) is 10.7. The van der Waals surface area contributed by atoms with Crippen LogP contribution in [0.3, 0.4) is 0 Å². The summed E-state index contributed by atoms with van der Waals surface area (Å²) in [5.74, 6) is 1.16. The molecule has 1 aromatic carbocycles. The molecule has 2 unspecified atom stereocenters. The molecule has 0 spiro atoms. The lowest BCUT2D eigenvalue weighted by Crippen LogP contribution is -2.26. The minimum Gasteiger partial charge on any atom is -0.392 e. The number of carbonyl (C=O) groups is 1. The van der Waals surface area contributed by atoms with E-state index in [1.807, 2.05) is 0 Å². The summed E-state index contributed by atoms with van der Waals surface area (Å²) < 4.78 is 13.2. The van der Waals surface area contributed by atoms with Gasteiger partial charge in [-0.3, -0.25) is 4.79 Å². The summed E-state index contributed by atoms with van der Waals surface area (Å²) in [6.07, 6.45) is 3.64. The predicted molar refractivity (Wildman–Crippen MR) is 68.5 cm³/mol. The minimum atomic E-state index is -0.408. The van der Waals surface area contributed by atoms with E-state index < -0.39 is 5.82 Å². The number of aliphatic hydroxyl groups excluding tert-OH is 1. The number of hydrogen-bond donors (Lipinski definition) is 2. The van der Waals surface area contributed by atoms with Crippen LogP contribution in [0.5, 0.6) is 0 Å². The lowest BCUT2D eigenvalue weighted by Gasteiger charge is -2.08. The molecule has 2 fully saturated rings. The summed E-state index contributed by atoms with van der Waals surface area (Å²) >= 11 is 0. The third-order valence-corrected chi connectivity index (χ3v) is 4.46. The summed E-state index contributed by atoms with van der Waals surface area (Å²) in [5, 5.41) is 11.9. The van der Waals surface area contributed by atoms with Crippen molar-refractivity contribution in [2.45, 2.75) is 32.4 Å². The van der Waals surface area contributed by atoms with Crippen molar-refractivity contribution in [2.75, 3.05) is 0 Å². The number of aliphatic hydroxyl groups is 1. The SMILES string of the molecule is O=C(NCc1ccc(F)c(CO)c1)C1C2CCCC21. The Morgan fingerprint density at radius 1 is 1.37 bits per heavy atom. The maximum Gasteiger partial charge on any atom is 0.223 e. The molecule has 0 bridgehead atoms. The second kappa shape index (κ2) is 4.93. The van der Waals surface area contributed by atoms with Crippen LogP contribution in [0, 0.1) is 23.6 Å². The van der Waals surface area contributed by atoms with Gasteiger partial charge in [0.25, 0.3) is 0 Å². The maximum absolute atomic E-state index is 13.2. The van der Waals surface area contributed by atoms with Crippen molar-refractivity contribution >= 4 is 5.91 Å². The molecule has 0 radical (unpaired) electrons. The monoisotopic (exact) mass is 263 g/mol. The second-order valence-corrected chi connectivity index (χ2v) is 5.59. The highest BCUT2D eigenvalue weighted by Crippen LogP contribution is 2.57. The van der Waals surface area contributed by atoms with Crippen LogP contribution < -0.4 is 5.32 Å². The highest BCUT2D eigenvalue weighted by Gasteiger charge is 2.56. The maximum atomic E-state index is 13.2. The van der Waals surface area contributed by atoms with Gasteiger partial charge in [-0.15, -0.1) is 0 Å². The molecule has 0 saturated heterocycles. The molecule has 1 amide bonds. The second-order valence-electron chi connectivity index (χ2n) is 5.59. The van der Waals surface area contributed by atoms with Crippen molar-refractivity contribution in [2.24, 2.45) is 17.8 Å². The summed E-state index contributed by atoms with van der Waals surface area (Å²) in [4.78, 5) is 12.0. The van der Waals surface area contributed by atoms with Gasteiger partial charge in [-0.25, -0.2) is 4.39 Å². The zero-order valence-corrected chi connectivity index (χ0v) is 10.7. The Hall–Kier alpha value is -1.42. The van der Waals surface area contributed by atoms with E-state index in [1.54, 1.807) is 12.1 Å². The molecule has 0 heterocycles. The van der Waals surface area contributed by atoms with Gasteiger partial charge < -0.3 is 10.4 Å². The largest absolute Gasteiger partial charge is 0.392 e. The summed E-state index contributed by atoms with van der Waals surface area (Å²) in [5.41, 5.74) is 1.10. The van der Waals surface area contributed by atoms with Crippen LogP contribution in [0.4, 0.5) is 4.39 Å². The first-order valence-electron chi connectivity index (χ1n) is 6.86. The third-order valence-electron chi connectivity index (χ3n) is 4.46. The average Bonchev–Trinajstić information content (AvgIpc) is 2.90. The zero-order chi connectivity index (χ0) is 13.4. The number of nitrogens with one attached hydrogen (secondary N) is 1. The number of fused-ring (bicyclic) bond motifs is 1. The van der Waals surface area contributed by atoms with Gasteiger partial charge in [-0.1, -0.05) is 12.5 Å². The van der Waals surface area contributed by atoms with E-state index in [9.17, 15) is 9.18 Å². The smallest absolute Gasteiger partial charge is 0.223 e. The number of hydrogen-bond acceptors (Lipinski definition) is 2. The molecular weight excluding hydrogens is 245 g/mol. The van der Waals surface area contributed by atoms with Crippen LogP contribution in [0.15, 0.2) is 18.2 Å². The Balaban J connectivity index is 1.56. The molecule has 2 N–H and O–H groups in total. The van der Waals surface area contributed by atoms with Crippen LogP contribution >= 0.6 is 0 Å². The Morgan fingerprint density at radius 3 is 2.79 bits per heavy atom. The molecule has 3 nitrogen and oxygen atoms in total. The normalized spacial score (nSPS) is 28.0. The Kier molecular flexibility index (Phi) is 3.27. The molecule has 3 rings (SSSR count). The molecular formula is C15H18FNO2. The Morgan fingerprint density at radius 2 is 2.11 bits per heavy atom. The van der Waals surface area contributed by atoms with Crippen LogP contribution in [0.25, 0.3) is 0 Å². The molecule has 2 aliphatic carbocycles. The summed E-state index contributed by atoms with van der Waals surface area (Å²) in [7, 11) is 0. The first-order chi connectivity index (χ1) is 9.20. The fourth-order valence-corrected chi connectivity index (χ4v) is 3.38. The summed E-state index contributed by atoms with van der Waals surface area (Å²) in [6, 6.07) is 4.57. The van der Waals surface area contributed by atoms with E-state index in [4.69, 9.17) is 5.11 Å². The van der Waals surface area contributed by atoms with Crippen LogP contribution in [0.1, 0.15) is 30.4 Å². The van der Waals surface area contributed by atoms with Crippen molar-refractivity contribution in [1.82, 2.24) is 5.32 Å². The van der Waals surface area contributed by atoms with E-state index >= 15 is 0 Å². The first kappa shape index (κ1) is 12.6. The topological polar surface area (TPSA) is 49.3 Å². The Bertz CT molecular complexity index is 493. The van der Waals surface area contributed by atoms with Gasteiger partial charge in [0.1, 0.15) is 5.82 Å². The van der Waals surface area contributed by atoms with Crippen molar-refractivity contribution in [3.8, 4) is 0 Å². The minimum absolute atomic E-state index is 0.129. The van der Waals surface area contributed by atoms with Crippen molar-refractivity contribution in [3.63, 3.8) is 0 Å². The van der Waals surface area contributed by atoms with Crippen molar-refractivity contribution in [1.29, 1.82) is 0 Å². The predicted octanol–water partition coefficient (Wildman–Crippen LogP) is 1.98. The Labute approximate surface area is 111 Å². The molecule has 2 saturated carbocycles. The van der Waals surface area contributed by atoms with Crippen LogP contribution in [0.2, 0.25) is 0 Å². The molecule has 2 atom stereocenters. The highest BCUT2D eigenvalue weighted by atomic mass is 19.1. The number of halogens is 1. The fourth-order valence-electron chi connectivity index (χ4n) is 3.38. The highest BCUT2D eigenvalue weighted by molar-refractivity contribution is 5.82. The van der Waals surface area contributed by atoms with E-state index in [1.165, 1.54) is 25.3 Å². The molecule has 0 aromatic heterocycles.